The number of nitrogens with zero attached hydrogens (tertiary/aromatic N) is 3. The van der Waals surface area contributed by atoms with Gasteiger partial charge < -0.3 is 15.0 Å². The number of ether oxygens (including phenoxy) is 1. The molecule has 6 heteroatoms. The van der Waals surface area contributed by atoms with Crippen molar-refractivity contribution < 1.29 is 9.53 Å². The highest BCUT2D eigenvalue weighted by Gasteiger charge is 2.12. The molecule has 2 heterocycles. The van der Waals surface area contributed by atoms with Crippen LogP contribution in [0.15, 0.2) is 79.0 Å². The zero-order chi connectivity index (χ0) is 23.9. The van der Waals surface area contributed by atoms with Crippen molar-refractivity contribution in [2.24, 2.45) is 0 Å². The van der Waals surface area contributed by atoms with Crippen LogP contribution in [0.3, 0.4) is 0 Å². The molecule has 1 amide bonds. The van der Waals surface area contributed by atoms with Crippen LogP contribution in [0.2, 0.25) is 0 Å². The fourth-order valence-corrected chi connectivity index (χ4v) is 4.56. The number of carbonyl (C=O) groups is 1. The Kier molecular flexibility index (Phi) is 7.39. The Balaban J connectivity index is 1.12. The van der Waals surface area contributed by atoms with Gasteiger partial charge in [-0.25, -0.2) is 0 Å². The molecule has 1 N–H and O–H groups in total. The molecule has 0 radical (unpaired) electrons. The van der Waals surface area contributed by atoms with E-state index in [1.807, 2.05) is 71.4 Å². The van der Waals surface area contributed by atoms with E-state index in [-0.39, 0.29) is 5.91 Å². The van der Waals surface area contributed by atoms with Gasteiger partial charge in [0.05, 0.1) is 18.5 Å². The van der Waals surface area contributed by atoms with E-state index in [9.17, 15) is 4.79 Å². The van der Waals surface area contributed by atoms with Crippen LogP contribution in [0.4, 0.5) is 0 Å². The van der Waals surface area contributed by atoms with E-state index in [4.69, 9.17) is 9.84 Å². The van der Waals surface area contributed by atoms with Crippen molar-refractivity contribution in [1.82, 2.24) is 20.0 Å². The van der Waals surface area contributed by atoms with Gasteiger partial charge in [0, 0.05) is 24.7 Å². The molecular weight excluding hydrogens is 436 g/mol. The second-order valence-corrected chi connectivity index (χ2v) is 9.16. The van der Waals surface area contributed by atoms with Crippen LogP contribution in [-0.2, 0) is 30.9 Å². The third kappa shape index (κ3) is 6.28. The van der Waals surface area contributed by atoms with Gasteiger partial charge in [-0.05, 0) is 60.8 Å². The molecule has 5 rings (SSSR count). The number of benzene rings is 3. The summed E-state index contributed by atoms with van der Waals surface area (Å²) >= 11 is 0. The van der Waals surface area contributed by atoms with Gasteiger partial charge in [0.2, 0.25) is 5.91 Å². The first-order valence-electron chi connectivity index (χ1n) is 12.4. The van der Waals surface area contributed by atoms with E-state index in [1.165, 1.54) is 25.9 Å². The molecule has 0 aliphatic carbocycles. The number of rotatable bonds is 10. The lowest BCUT2D eigenvalue weighted by Crippen LogP contribution is -2.24. The van der Waals surface area contributed by atoms with Crippen LogP contribution in [-0.4, -0.2) is 40.2 Å². The Labute approximate surface area is 206 Å². The molecule has 1 aromatic heterocycles. The fraction of sp³-hybridized carbons (Fsp3) is 0.310. The van der Waals surface area contributed by atoms with Gasteiger partial charge in [-0.2, -0.15) is 5.10 Å². The third-order valence-corrected chi connectivity index (χ3v) is 6.54. The van der Waals surface area contributed by atoms with Crippen LogP contribution in [0.25, 0.3) is 10.9 Å². The maximum absolute atomic E-state index is 12.6. The number of nitrogens with one attached hydrogen (secondary N) is 1. The third-order valence-electron chi connectivity index (χ3n) is 6.54. The number of amides is 1. The summed E-state index contributed by atoms with van der Waals surface area (Å²) in [5.74, 6) is 0.799. The Morgan fingerprint density at radius 2 is 1.69 bits per heavy atom. The molecule has 0 atom stereocenters. The first-order chi connectivity index (χ1) is 17.2. The van der Waals surface area contributed by atoms with Crippen molar-refractivity contribution in [1.29, 1.82) is 0 Å². The minimum atomic E-state index is 0.00128. The number of hydrogen-bond acceptors (Lipinski definition) is 4. The highest BCUT2D eigenvalue weighted by Crippen LogP contribution is 2.19. The minimum Gasteiger partial charge on any atom is -0.489 e. The van der Waals surface area contributed by atoms with Gasteiger partial charge in [-0.15, -0.1) is 0 Å². The second kappa shape index (κ2) is 11.2. The average Bonchev–Trinajstić information content (AvgIpc) is 3.56. The topological polar surface area (TPSA) is 59.4 Å². The van der Waals surface area contributed by atoms with Gasteiger partial charge in [0.1, 0.15) is 12.4 Å². The van der Waals surface area contributed by atoms with Crippen LogP contribution < -0.4 is 10.1 Å². The van der Waals surface area contributed by atoms with Gasteiger partial charge in [-0.3, -0.25) is 9.48 Å². The van der Waals surface area contributed by atoms with Crippen molar-refractivity contribution >= 4 is 16.8 Å². The summed E-state index contributed by atoms with van der Waals surface area (Å²) in [7, 11) is 0. The van der Waals surface area contributed by atoms with Crippen LogP contribution >= 0.6 is 0 Å². The molecule has 0 bridgehead atoms. The van der Waals surface area contributed by atoms with E-state index >= 15 is 0 Å². The molecule has 4 aromatic rings. The molecule has 1 aliphatic rings. The van der Waals surface area contributed by atoms with E-state index in [0.717, 1.165) is 46.4 Å². The Morgan fingerprint density at radius 1 is 0.886 bits per heavy atom. The first-order valence-corrected chi connectivity index (χ1v) is 12.4. The van der Waals surface area contributed by atoms with Gasteiger partial charge in [-0.1, -0.05) is 54.6 Å². The molecule has 1 fully saturated rings. The minimum absolute atomic E-state index is 0.00128. The zero-order valence-electron chi connectivity index (χ0n) is 20.0. The lowest BCUT2D eigenvalue weighted by Gasteiger charge is -2.13. The Hall–Kier alpha value is -3.64. The van der Waals surface area contributed by atoms with Crippen LogP contribution in [0, 0.1) is 0 Å². The summed E-state index contributed by atoms with van der Waals surface area (Å²) < 4.78 is 7.87. The molecule has 3 aromatic carbocycles. The molecular formula is C29H32N4O2. The van der Waals surface area contributed by atoms with Crippen molar-refractivity contribution in [3.63, 3.8) is 0 Å². The summed E-state index contributed by atoms with van der Waals surface area (Å²) in [6.45, 7) is 5.35. The molecule has 35 heavy (non-hydrogen) atoms. The van der Waals surface area contributed by atoms with E-state index in [0.29, 0.717) is 19.6 Å². The molecule has 6 nitrogen and oxygen atoms in total. The van der Waals surface area contributed by atoms with Crippen molar-refractivity contribution in [2.75, 3.05) is 19.6 Å². The van der Waals surface area contributed by atoms with E-state index in [2.05, 4.69) is 22.5 Å². The summed E-state index contributed by atoms with van der Waals surface area (Å²) in [4.78, 5) is 15.1. The monoisotopic (exact) mass is 468 g/mol. The number of aromatic nitrogens is 2. The van der Waals surface area contributed by atoms with Crippen molar-refractivity contribution in [3.8, 4) is 5.75 Å². The predicted molar refractivity (Wildman–Crippen MR) is 138 cm³/mol. The normalized spacial score (nSPS) is 13.8. The molecule has 0 unspecified atom stereocenters. The van der Waals surface area contributed by atoms with Crippen molar-refractivity contribution in [3.05, 3.63) is 95.7 Å². The second-order valence-electron chi connectivity index (χ2n) is 9.16. The first kappa shape index (κ1) is 23.1. The molecule has 1 saturated heterocycles. The lowest BCUT2D eigenvalue weighted by molar-refractivity contribution is -0.120. The van der Waals surface area contributed by atoms with Crippen LogP contribution in [0.1, 0.15) is 29.5 Å². The van der Waals surface area contributed by atoms with E-state index in [1.54, 1.807) is 0 Å². The van der Waals surface area contributed by atoms with Crippen molar-refractivity contribution in [2.45, 2.75) is 39.0 Å². The highest BCUT2D eigenvalue weighted by molar-refractivity contribution is 5.83. The lowest BCUT2D eigenvalue weighted by atomic mass is 10.1. The number of fused-ring (bicyclic) bond motifs is 1. The predicted octanol–water partition coefficient (Wildman–Crippen LogP) is 4.57. The summed E-state index contributed by atoms with van der Waals surface area (Å²) in [5.41, 5.74) is 4.16. The number of carbonyl (C=O) groups excluding carboxylic acids is 1. The summed E-state index contributed by atoms with van der Waals surface area (Å²) in [6, 6.07) is 23.9. The van der Waals surface area contributed by atoms with Gasteiger partial charge in [0.25, 0.3) is 0 Å². The molecule has 0 spiro atoms. The molecule has 0 saturated carbocycles. The smallest absolute Gasteiger partial charge is 0.224 e. The highest BCUT2D eigenvalue weighted by atomic mass is 16.5. The largest absolute Gasteiger partial charge is 0.489 e. The summed E-state index contributed by atoms with van der Waals surface area (Å²) in [5, 5.41) is 8.91. The SMILES string of the molecule is O=C(Cc1ccc(OCc2ccccc2)cc1)NCc1cccc2nn(CCN3CCCC3)cc12. The fourth-order valence-electron chi connectivity index (χ4n) is 4.56. The molecule has 1 aliphatic heterocycles. The summed E-state index contributed by atoms with van der Waals surface area (Å²) in [6.07, 6.45) is 5.05. The Morgan fingerprint density at radius 3 is 2.49 bits per heavy atom. The Bertz CT molecular complexity index is 1240. The standard InChI is InChI=1S/C29H32N4O2/c34-29(19-23-11-13-26(14-12-23)35-22-24-7-2-1-3-8-24)30-20-25-9-6-10-28-27(25)21-33(31-28)18-17-32-15-4-5-16-32/h1-3,6-14,21H,4-5,15-20,22H2,(H,30,34). The number of hydrogen-bond donors (Lipinski definition) is 1. The maximum atomic E-state index is 12.6. The van der Waals surface area contributed by atoms with E-state index < -0.39 is 0 Å². The maximum Gasteiger partial charge on any atom is 0.224 e. The van der Waals surface area contributed by atoms with Crippen LogP contribution in [0.5, 0.6) is 5.75 Å². The zero-order valence-corrected chi connectivity index (χ0v) is 20.0. The quantitative estimate of drug-likeness (QED) is 0.370. The number of likely N-dealkylation sites (tertiary alicyclic amines) is 1. The van der Waals surface area contributed by atoms with Gasteiger partial charge in [0.15, 0.2) is 0 Å². The molecule has 180 valence electrons. The average molecular weight is 469 g/mol. The van der Waals surface area contributed by atoms with Gasteiger partial charge >= 0.3 is 0 Å².